The third kappa shape index (κ3) is 2.86. The van der Waals surface area contributed by atoms with Gasteiger partial charge in [-0.2, -0.15) is 0 Å². The van der Waals surface area contributed by atoms with Gasteiger partial charge in [0.1, 0.15) is 12.2 Å². The highest BCUT2D eigenvalue weighted by Crippen LogP contribution is 2.09. The number of nitrogens with one attached hydrogen (secondary N) is 1. The van der Waals surface area contributed by atoms with Gasteiger partial charge in [0, 0.05) is 30.5 Å². The molecule has 2 aromatic rings. The highest BCUT2D eigenvalue weighted by molar-refractivity contribution is 9.10. The fourth-order valence-electron chi connectivity index (χ4n) is 1.34. The van der Waals surface area contributed by atoms with Crippen LogP contribution < -0.4 is 5.32 Å². The second kappa shape index (κ2) is 5.18. The first-order valence-corrected chi connectivity index (χ1v) is 5.68. The van der Waals surface area contributed by atoms with Crippen molar-refractivity contribution in [1.29, 1.82) is 0 Å². The van der Waals surface area contributed by atoms with Crippen LogP contribution in [0.3, 0.4) is 0 Å². The summed E-state index contributed by atoms with van der Waals surface area (Å²) in [4.78, 5) is 4.10. The summed E-state index contributed by atoms with van der Waals surface area (Å²) in [5, 5.41) is 11.1. The minimum atomic E-state index is 0.697. The molecule has 0 aliphatic carbocycles. The van der Waals surface area contributed by atoms with Crippen LogP contribution in [0, 0.1) is 0 Å². The molecule has 0 spiro atoms. The normalized spacial score (nSPS) is 10.6. The first-order valence-electron chi connectivity index (χ1n) is 4.89. The van der Waals surface area contributed by atoms with E-state index < -0.39 is 0 Å². The Morgan fingerprint density at radius 3 is 2.94 bits per heavy atom. The van der Waals surface area contributed by atoms with E-state index in [4.69, 9.17) is 0 Å². The molecule has 0 atom stereocenters. The smallest absolute Gasteiger partial charge is 0.146 e. The van der Waals surface area contributed by atoms with Gasteiger partial charge in [0.2, 0.25) is 0 Å². The van der Waals surface area contributed by atoms with Gasteiger partial charge < -0.3 is 9.88 Å². The third-order valence-electron chi connectivity index (χ3n) is 2.18. The van der Waals surface area contributed by atoms with Crippen LogP contribution in [0.25, 0.3) is 0 Å². The number of nitrogens with zero attached hydrogens (tertiary/aromatic N) is 4. The molecule has 16 heavy (non-hydrogen) atoms. The Balaban J connectivity index is 1.87. The van der Waals surface area contributed by atoms with Crippen LogP contribution in [0.1, 0.15) is 11.4 Å². The molecule has 0 saturated heterocycles. The van der Waals surface area contributed by atoms with E-state index in [1.54, 1.807) is 12.5 Å². The van der Waals surface area contributed by atoms with Gasteiger partial charge in [0.25, 0.3) is 0 Å². The van der Waals surface area contributed by atoms with E-state index in [2.05, 4.69) is 36.4 Å². The highest BCUT2D eigenvalue weighted by atomic mass is 79.9. The average molecular weight is 282 g/mol. The van der Waals surface area contributed by atoms with Crippen molar-refractivity contribution in [3.63, 3.8) is 0 Å². The molecule has 0 aromatic carbocycles. The molecule has 0 radical (unpaired) electrons. The average Bonchev–Trinajstić information content (AvgIpc) is 2.65. The zero-order chi connectivity index (χ0) is 11.4. The molecule has 2 rings (SSSR count). The second-order valence-electron chi connectivity index (χ2n) is 3.47. The molecule has 0 aliphatic rings. The molecule has 5 nitrogen and oxygen atoms in total. The fourth-order valence-corrected chi connectivity index (χ4v) is 1.75. The van der Waals surface area contributed by atoms with E-state index in [0.717, 1.165) is 22.4 Å². The molecule has 0 saturated carbocycles. The number of aromatic nitrogens is 4. The molecule has 0 unspecified atom stereocenters. The maximum Gasteiger partial charge on any atom is 0.146 e. The van der Waals surface area contributed by atoms with Crippen LogP contribution in [0.2, 0.25) is 0 Å². The lowest BCUT2D eigenvalue weighted by molar-refractivity contribution is 0.636. The summed E-state index contributed by atoms with van der Waals surface area (Å²) in [5.41, 5.74) is 1.14. The summed E-state index contributed by atoms with van der Waals surface area (Å²) in [6.07, 6.45) is 5.30. The van der Waals surface area contributed by atoms with Gasteiger partial charge >= 0.3 is 0 Å². The molecule has 0 aliphatic heterocycles. The zero-order valence-electron chi connectivity index (χ0n) is 8.89. The number of hydrogen-bond acceptors (Lipinski definition) is 4. The van der Waals surface area contributed by atoms with Crippen LogP contribution in [0.5, 0.6) is 0 Å². The summed E-state index contributed by atoms with van der Waals surface area (Å²) >= 11 is 3.39. The largest absolute Gasteiger partial charge is 0.320 e. The van der Waals surface area contributed by atoms with Crippen molar-refractivity contribution in [2.75, 3.05) is 0 Å². The summed E-state index contributed by atoms with van der Waals surface area (Å²) in [6.45, 7) is 1.46. The second-order valence-corrected chi connectivity index (χ2v) is 4.39. The van der Waals surface area contributed by atoms with Gasteiger partial charge in [-0.25, -0.2) is 0 Å². The van der Waals surface area contributed by atoms with Crippen molar-refractivity contribution in [1.82, 2.24) is 25.1 Å². The quantitative estimate of drug-likeness (QED) is 0.917. The van der Waals surface area contributed by atoms with Crippen LogP contribution >= 0.6 is 15.9 Å². The molecular formula is C10H12BrN5. The SMILES string of the molecule is Cn1cnnc1CNCc1cncc(Br)c1. The summed E-state index contributed by atoms with van der Waals surface area (Å²) < 4.78 is 2.89. The van der Waals surface area contributed by atoms with Crippen LogP contribution in [-0.4, -0.2) is 19.7 Å². The van der Waals surface area contributed by atoms with Crippen molar-refractivity contribution in [3.05, 3.63) is 40.6 Å². The van der Waals surface area contributed by atoms with E-state index in [9.17, 15) is 0 Å². The van der Waals surface area contributed by atoms with E-state index in [0.29, 0.717) is 6.54 Å². The first-order chi connectivity index (χ1) is 7.75. The van der Waals surface area contributed by atoms with Gasteiger partial charge in [0.15, 0.2) is 0 Å². The predicted molar refractivity (Wildman–Crippen MR) is 63.5 cm³/mol. The van der Waals surface area contributed by atoms with Gasteiger partial charge in [-0.1, -0.05) is 0 Å². The van der Waals surface area contributed by atoms with E-state index in [-0.39, 0.29) is 0 Å². The van der Waals surface area contributed by atoms with Gasteiger partial charge in [0.05, 0.1) is 6.54 Å². The van der Waals surface area contributed by atoms with Gasteiger partial charge in [-0.05, 0) is 27.6 Å². The Morgan fingerprint density at radius 1 is 1.38 bits per heavy atom. The molecule has 2 aromatic heterocycles. The number of pyridine rings is 1. The lowest BCUT2D eigenvalue weighted by Gasteiger charge is -2.04. The van der Waals surface area contributed by atoms with Crippen molar-refractivity contribution >= 4 is 15.9 Å². The summed E-state index contributed by atoms with van der Waals surface area (Å²) in [5.74, 6) is 0.919. The summed E-state index contributed by atoms with van der Waals surface area (Å²) in [6, 6.07) is 2.04. The number of rotatable bonds is 4. The van der Waals surface area contributed by atoms with Crippen LogP contribution in [0.15, 0.2) is 29.3 Å². The lowest BCUT2D eigenvalue weighted by Crippen LogP contribution is -2.15. The minimum absolute atomic E-state index is 0.697. The molecule has 0 fully saturated rings. The maximum atomic E-state index is 4.10. The maximum absolute atomic E-state index is 4.10. The van der Waals surface area contributed by atoms with E-state index in [1.807, 2.05) is 23.9 Å². The minimum Gasteiger partial charge on any atom is -0.320 e. The molecular weight excluding hydrogens is 270 g/mol. The molecule has 84 valence electrons. The molecule has 6 heteroatoms. The van der Waals surface area contributed by atoms with E-state index in [1.165, 1.54) is 0 Å². The van der Waals surface area contributed by atoms with Crippen LogP contribution in [0.4, 0.5) is 0 Å². The van der Waals surface area contributed by atoms with Crippen molar-refractivity contribution in [2.24, 2.45) is 7.05 Å². The first kappa shape index (κ1) is 11.2. The molecule has 0 bridgehead atoms. The van der Waals surface area contributed by atoms with Gasteiger partial charge in [-0.15, -0.1) is 10.2 Å². The van der Waals surface area contributed by atoms with Crippen molar-refractivity contribution < 1.29 is 0 Å². The monoisotopic (exact) mass is 281 g/mol. The standard InChI is InChI=1S/C10H12BrN5/c1-16-7-14-15-10(16)6-13-4-8-2-9(11)5-12-3-8/h2-3,5,7,13H,4,6H2,1H3. The molecule has 1 N–H and O–H groups in total. The number of aryl methyl sites for hydroxylation is 1. The van der Waals surface area contributed by atoms with Crippen molar-refractivity contribution in [3.8, 4) is 0 Å². The molecule has 0 amide bonds. The topological polar surface area (TPSA) is 55.6 Å². The van der Waals surface area contributed by atoms with Gasteiger partial charge in [-0.3, -0.25) is 4.98 Å². The lowest BCUT2D eigenvalue weighted by atomic mass is 10.3. The third-order valence-corrected chi connectivity index (χ3v) is 2.61. The summed E-state index contributed by atoms with van der Waals surface area (Å²) in [7, 11) is 1.93. The number of hydrogen-bond donors (Lipinski definition) is 1. The Kier molecular flexibility index (Phi) is 3.63. The predicted octanol–water partition coefficient (Wildman–Crippen LogP) is 1.26. The number of halogens is 1. The Bertz CT molecular complexity index is 468. The fraction of sp³-hybridized carbons (Fsp3) is 0.300. The van der Waals surface area contributed by atoms with Crippen LogP contribution in [-0.2, 0) is 20.1 Å². The van der Waals surface area contributed by atoms with E-state index >= 15 is 0 Å². The Labute approximate surface area is 102 Å². The molecule has 2 heterocycles. The Morgan fingerprint density at radius 2 is 2.25 bits per heavy atom. The highest BCUT2D eigenvalue weighted by Gasteiger charge is 2.00. The zero-order valence-corrected chi connectivity index (χ0v) is 10.5. The van der Waals surface area contributed by atoms with Crippen molar-refractivity contribution in [2.45, 2.75) is 13.1 Å². The Hall–Kier alpha value is -1.27.